The van der Waals surface area contributed by atoms with Crippen LogP contribution in [0.15, 0.2) is 36.0 Å². The van der Waals surface area contributed by atoms with Crippen LogP contribution < -0.4 is 20.5 Å². The molecule has 1 heterocycles. The highest BCUT2D eigenvalue weighted by Crippen LogP contribution is 2.12. The van der Waals surface area contributed by atoms with Gasteiger partial charge in [-0.25, -0.2) is 0 Å². The molecule has 0 aromatic heterocycles. The van der Waals surface area contributed by atoms with E-state index in [9.17, 15) is 4.79 Å². The monoisotopic (exact) mass is 304 g/mol. The number of amides is 1. The summed E-state index contributed by atoms with van der Waals surface area (Å²) < 4.78 is 5.47. The third-order valence-corrected chi connectivity index (χ3v) is 3.95. The normalized spacial score (nSPS) is 17.5. The van der Waals surface area contributed by atoms with Gasteiger partial charge in [-0.05, 0) is 37.1 Å². The van der Waals surface area contributed by atoms with Crippen LogP contribution in [0.5, 0.6) is 5.75 Å². The van der Waals surface area contributed by atoms with Crippen molar-refractivity contribution in [2.24, 2.45) is 0 Å². The van der Waals surface area contributed by atoms with Crippen molar-refractivity contribution in [2.75, 3.05) is 26.2 Å². The van der Waals surface area contributed by atoms with Crippen LogP contribution >= 0.6 is 0 Å². The topological polar surface area (TPSA) is 54.8 Å². The van der Waals surface area contributed by atoms with Crippen molar-refractivity contribution in [3.05, 3.63) is 41.6 Å². The molecule has 0 aliphatic carbocycles. The van der Waals surface area contributed by atoms with E-state index in [2.05, 4.69) is 30.8 Å². The Bertz CT molecular complexity index is 511. The van der Waals surface area contributed by atoms with Crippen LogP contribution in [0.2, 0.25) is 0 Å². The van der Waals surface area contributed by atoms with Crippen molar-refractivity contribution in [3.63, 3.8) is 0 Å². The third kappa shape index (κ3) is 5.07. The minimum Gasteiger partial charge on any atom is -0.484 e. The Morgan fingerprint density at radius 1 is 1.27 bits per heavy atom. The van der Waals surface area contributed by atoms with E-state index in [-0.39, 0.29) is 12.5 Å². The molecule has 1 aromatic carbocycles. The smallest absolute Gasteiger partial charge is 0.276 e. The first-order valence-corrected chi connectivity index (χ1v) is 8.00. The second kappa shape index (κ2) is 8.44. The van der Waals surface area contributed by atoms with Gasteiger partial charge in [-0.3, -0.25) is 10.2 Å². The summed E-state index contributed by atoms with van der Waals surface area (Å²) >= 11 is 0. The zero-order valence-electron chi connectivity index (χ0n) is 13.4. The maximum Gasteiger partial charge on any atom is 0.276 e. The van der Waals surface area contributed by atoms with Gasteiger partial charge in [-0.2, -0.15) is 0 Å². The fraction of sp³-hybridized carbons (Fsp3) is 0.471. The molecule has 0 saturated heterocycles. The van der Waals surface area contributed by atoms with E-state index in [1.807, 2.05) is 24.3 Å². The lowest BCUT2D eigenvalue weighted by atomic mass is 10.2. The number of hydrazine groups is 1. The highest BCUT2D eigenvalue weighted by atomic mass is 16.5. The summed E-state index contributed by atoms with van der Waals surface area (Å²) in [6.45, 7) is 7.56. The molecule has 0 radical (unpaired) electrons. The molecule has 1 aliphatic heterocycles. The number of benzene rings is 1. The fourth-order valence-electron chi connectivity index (χ4n) is 2.37. The van der Waals surface area contributed by atoms with Crippen LogP contribution in [-0.4, -0.2) is 32.1 Å². The molecule has 1 aromatic rings. The Hall–Kier alpha value is -2.01. The van der Waals surface area contributed by atoms with Crippen molar-refractivity contribution >= 4 is 5.91 Å². The molecule has 1 atom stereocenters. The van der Waals surface area contributed by atoms with Crippen LogP contribution in [0.25, 0.3) is 0 Å². The number of carbonyl (C=O) groups excluding carboxylic acids is 1. The van der Waals surface area contributed by atoms with Gasteiger partial charge < -0.3 is 15.1 Å². The molecule has 5 heteroatoms. The van der Waals surface area contributed by atoms with Gasteiger partial charge in [-0.1, -0.05) is 19.1 Å². The van der Waals surface area contributed by atoms with Gasteiger partial charge in [-0.15, -0.1) is 0 Å². The van der Waals surface area contributed by atoms with Crippen molar-refractivity contribution in [3.8, 4) is 5.75 Å². The molecule has 120 valence electrons. The van der Waals surface area contributed by atoms with Gasteiger partial charge in [0.05, 0.1) is 19.6 Å². The second-order valence-electron chi connectivity index (χ2n) is 5.50. The number of aryl methyl sites for hydroxylation is 1. The first-order valence-electron chi connectivity index (χ1n) is 8.00. The van der Waals surface area contributed by atoms with E-state index >= 15 is 0 Å². The van der Waals surface area contributed by atoms with Crippen LogP contribution in [0.3, 0.4) is 0 Å². The van der Waals surface area contributed by atoms with Crippen molar-refractivity contribution < 1.29 is 14.4 Å². The number of rotatable bonds is 7. The molecule has 0 saturated carbocycles. The van der Waals surface area contributed by atoms with E-state index in [4.69, 9.17) is 4.74 Å². The second-order valence-corrected chi connectivity index (χ2v) is 5.50. The van der Waals surface area contributed by atoms with Crippen molar-refractivity contribution in [1.82, 2.24) is 10.9 Å². The van der Waals surface area contributed by atoms with Crippen LogP contribution in [-0.2, 0) is 11.2 Å². The van der Waals surface area contributed by atoms with Crippen LogP contribution in [0.4, 0.5) is 0 Å². The number of carbonyl (C=O) groups is 1. The highest BCUT2D eigenvalue weighted by molar-refractivity contribution is 5.77. The maximum atomic E-state index is 11.8. The maximum absolute atomic E-state index is 11.8. The molecule has 0 bridgehead atoms. The molecule has 5 nitrogen and oxygen atoms in total. The highest BCUT2D eigenvalue weighted by Gasteiger charge is 2.13. The number of hydrogen-bond acceptors (Lipinski definition) is 3. The van der Waals surface area contributed by atoms with Gasteiger partial charge in [0.15, 0.2) is 6.61 Å². The molecule has 1 aliphatic rings. The van der Waals surface area contributed by atoms with E-state index in [0.29, 0.717) is 5.75 Å². The predicted octanol–water partition coefficient (Wildman–Crippen LogP) is 0.441. The summed E-state index contributed by atoms with van der Waals surface area (Å²) in [4.78, 5) is 13.3. The lowest BCUT2D eigenvalue weighted by Crippen LogP contribution is -3.12. The number of nitrogens with one attached hydrogen (secondary N) is 3. The predicted molar refractivity (Wildman–Crippen MR) is 86.5 cm³/mol. The average Bonchev–Trinajstić information content (AvgIpc) is 2.59. The fourth-order valence-corrected chi connectivity index (χ4v) is 2.37. The number of ether oxygens (including phenoxy) is 1. The Balaban J connectivity index is 1.68. The van der Waals surface area contributed by atoms with Gasteiger partial charge in [0.25, 0.3) is 5.91 Å². The van der Waals surface area contributed by atoms with E-state index in [1.165, 1.54) is 5.56 Å². The Morgan fingerprint density at radius 2 is 2.05 bits per heavy atom. The minimum atomic E-state index is -0.175. The minimum absolute atomic E-state index is 0.0120. The lowest BCUT2D eigenvalue weighted by molar-refractivity contribution is -0.893. The summed E-state index contributed by atoms with van der Waals surface area (Å²) in [7, 11) is 0. The molecule has 1 amide bonds. The summed E-state index contributed by atoms with van der Waals surface area (Å²) in [5.74, 6) is 0.539. The molecule has 0 spiro atoms. The SMILES string of the molecule is CCc1ccc(OCC(=O)NNC2=CC[NH+](CC)CC2)cc1. The summed E-state index contributed by atoms with van der Waals surface area (Å²) in [6, 6.07) is 7.82. The third-order valence-electron chi connectivity index (χ3n) is 3.95. The van der Waals surface area contributed by atoms with E-state index in [1.54, 1.807) is 4.90 Å². The quantitative estimate of drug-likeness (QED) is 0.641. The first kappa shape index (κ1) is 16.4. The van der Waals surface area contributed by atoms with Gasteiger partial charge in [0.2, 0.25) is 0 Å². The van der Waals surface area contributed by atoms with E-state index in [0.717, 1.165) is 38.2 Å². The van der Waals surface area contributed by atoms with Gasteiger partial charge >= 0.3 is 0 Å². The van der Waals surface area contributed by atoms with Crippen LogP contribution in [0.1, 0.15) is 25.8 Å². The summed E-state index contributed by atoms with van der Waals surface area (Å²) in [5.41, 5.74) is 8.01. The van der Waals surface area contributed by atoms with Crippen molar-refractivity contribution in [1.29, 1.82) is 0 Å². The Morgan fingerprint density at radius 3 is 2.64 bits per heavy atom. The Kier molecular flexibility index (Phi) is 6.27. The molecule has 1 unspecified atom stereocenters. The lowest BCUT2D eigenvalue weighted by Gasteiger charge is -2.22. The molecule has 0 fully saturated rings. The zero-order valence-corrected chi connectivity index (χ0v) is 13.4. The van der Waals surface area contributed by atoms with Crippen molar-refractivity contribution in [2.45, 2.75) is 26.7 Å². The van der Waals surface area contributed by atoms with Gasteiger partial charge in [0.1, 0.15) is 5.75 Å². The standard InChI is InChI=1S/C17H25N3O2/c1-3-14-5-7-16(8-6-14)22-13-17(21)19-18-15-9-11-20(4-2)12-10-15/h5-9,18H,3-4,10-13H2,1-2H3,(H,19,21)/p+1. The molecule has 22 heavy (non-hydrogen) atoms. The Labute approximate surface area is 132 Å². The first-order chi connectivity index (χ1) is 10.7. The average molecular weight is 304 g/mol. The van der Waals surface area contributed by atoms with Crippen LogP contribution in [0, 0.1) is 0 Å². The number of hydrogen-bond donors (Lipinski definition) is 3. The summed E-state index contributed by atoms with van der Waals surface area (Å²) in [6.07, 6.45) is 4.10. The zero-order chi connectivity index (χ0) is 15.8. The molecular weight excluding hydrogens is 278 g/mol. The summed E-state index contributed by atoms with van der Waals surface area (Å²) in [5, 5.41) is 0. The van der Waals surface area contributed by atoms with Gasteiger partial charge in [0, 0.05) is 12.1 Å². The van der Waals surface area contributed by atoms with E-state index < -0.39 is 0 Å². The molecule has 3 N–H and O–H groups in total. The molecule has 2 rings (SSSR count). The molecular formula is C17H26N3O2+. The number of quaternary nitrogens is 1. The number of likely N-dealkylation sites (N-methyl/N-ethyl adjacent to an activating group) is 1. The largest absolute Gasteiger partial charge is 0.484 e.